The number of benzene rings is 1. The Morgan fingerprint density at radius 1 is 1.37 bits per heavy atom. The average molecular weight is 282 g/mol. The molecule has 0 aliphatic carbocycles. The number of nitrogens with one attached hydrogen (secondary N) is 1. The molecule has 3 nitrogen and oxygen atoms in total. The molecule has 0 aliphatic heterocycles. The monoisotopic (exact) mass is 281 g/mol. The first-order chi connectivity index (χ1) is 8.84. The highest BCUT2D eigenvalue weighted by Gasteiger charge is 2.19. The lowest BCUT2D eigenvalue weighted by atomic mass is 9.86. The van der Waals surface area contributed by atoms with Gasteiger partial charge in [-0.05, 0) is 29.5 Å². The normalized spacial score (nSPS) is 12.4. The predicted molar refractivity (Wildman–Crippen MR) is 84.0 cm³/mol. The van der Waals surface area contributed by atoms with Crippen LogP contribution in [0.2, 0.25) is 5.02 Å². The zero-order valence-corrected chi connectivity index (χ0v) is 13.3. The van der Waals surface area contributed by atoms with E-state index < -0.39 is 0 Å². The van der Waals surface area contributed by atoms with Crippen LogP contribution in [0.3, 0.4) is 0 Å². The van der Waals surface area contributed by atoms with E-state index >= 15 is 0 Å². The van der Waals surface area contributed by atoms with E-state index in [0.29, 0.717) is 0 Å². The van der Waals surface area contributed by atoms with Gasteiger partial charge in [-0.2, -0.15) is 0 Å². The molecule has 0 fully saturated rings. The van der Waals surface area contributed by atoms with Crippen molar-refractivity contribution in [2.45, 2.75) is 20.3 Å². The molecule has 0 radical (unpaired) electrons. The summed E-state index contributed by atoms with van der Waals surface area (Å²) >= 11 is 6.02. The Balaban J connectivity index is 2.61. The molecule has 1 aromatic carbocycles. The molecule has 0 saturated carbocycles. The number of halogens is 1. The van der Waals surface area contributed by atoms with Crippen LogP contribution >= 0.6 is 11.6 Å². The molecule has 0 bridgehead atoms. The van der Waals surface area contributed by atoms with Crippen molar-refractivity contribution in [1.82, 2.24) is 10.2 Å². The molecule has 0 spiro atoms. The molecule has 0 unspecified atom stereocenters. The molecule has 4 heteroatoms. The molecule has 19 heavy (non-hydrogen) atoms. The largest absolute Gasteiger partial charge is 0.356 e. The second-order valence-corrected chi connectivity index (χ2v) is 6.20. The lowest BCUT2D eigenvalue weighted by Crippen LogP contribution is -2.41. The van der Waals surface area contributed by atoms with Gasteiger partial charge in [-0.1, -0.05) is 37.6 Å². The van der Waals surface area contributed by atoms with E-state index in [1.807, 2.05) is 37.2 Å². The van der Waals surface area contributed by atoms with Crippen LogP contribution in [0, 0.1) is 5.41 Å². The molecule has 0 saturated heterocycles. The summed E-state index contributed by atoms with van der Waals surface area (Å²) < 4.78 is 0. The molecule has 0 amide bonds. The SMILES string of the molecule is CN=C(NCC(C)(C)Cc1cccc(Cl)c1)N(C)C. The smallest absolute Gasteiger partial charge is 0.193 e. The van der Waals surface area contributed by atoms with Crippen LogP contribution in [0.25, 0.3) is 0 Å². The molecule has 1 aromatic rings. The number of rotatable bonds is 4. The third-order valence-electron chi connectivity index (χ3n) is 2.93. The van der Waals surface area contributed by atoms with Gasteiger partial charge in [0.25, 0.3) is 0 Å². The molecule has 1 N–H and O–H groups in total. The third kappa shape index (κ3) is 5.52. The van der Waals surface area contributed by atoms with E-state index in [9.17, 15) is 0 Å². The summed E-state index contributed by atoms with van der Waals surface area (Å²) in [6, 6.07) is 8.06. The fourth-order valence-electron chi connectivity index (χ4n) is 2.02. The van der Waals surface area contributed by atoms with E-state index in [4.69, 9.17) is 11.6 Å². The molecule has 0 aliphatic rings. The van der Waals surface area contributed by atoms with Crippen LogP contribution < -0.4 is 5.32 Å². The molecular weight excluding hydrogens is 258 g/mol. The van der Waals surface area contributed by atoms with E-state index in [1.54, 1.807) is 7.05 Å². The van der Waals surface area contributed by atoms with Crippen LogP contribution in [0.15, 0.2) is 29.3 Å². The van der Waals surface area contributed by atoms with Crippen molar-refractivity contribution >= 4 is 17.6 Å². The van der Waals surface area contributed by atoms with Crippen molar-refractivity contribution in [1.29, 1.82) is 0 Å². The second-order valence-electron chi connectivity index (χ2n) is 5.77. The summed E-state index contributed by atoms with van der Waals surface area (Å²) in [6.07, 6.45) is 0.977. The zero-order valence-electron chi connectivity index (χ0n) is 12.5. The van der Waals surface area contributed by atoms with Gasteiger partial charge in [-0.25, -0.2) is 0 Å². The highest BCUT2D eigenvalue weighted by atomic mass is 35.5. The lowest BCUT2D eigenvalue weighted by molar-refractivity contribution is 0.354. The van der Waals surface area contributed by atoms with Crippen LogP contribution in [0.4, 0.5) is 0 Å². The number of guanidine groups is 1. The number of hydrogen-bond acceptors (Lipinski definition) is 1. The standard InChI is InChI=1S/C15H24ClN3/c1-15(2,11-18-14(17-3)19(4)5)10-12-7-6-8-13(16)9-12/h6-9H,10-11H2,1-5H3,(H,17,18). The predicted octanol–water partition coefficient (Wildman–Crippen LogP) is 3.05. The fraction of sp³-hybridized carbons (Fsp3) is 0.533. The molecule has 0 heterocycles. The molecule has 106 valence electrons. The lowest BCUT2D eigenvalue weighted by Gasteiger charge is -2.27. The molecule has 1 rings (SSSR count). The van der Waals surface area contributed by atoms with Crippen molar-refractivity contribution in [3.8, 4) is 0 Å². The van der Waals surface area contributed by atoms with Crippen molar-refractivity contribution in [3.63, 3.8) is 0 Å². The summed E-state index contributed by atoms with van der Waals surface area (Å²) in [4.78, 5) is 6.20. The van der Waals surface area contributed by atoms with Crippen LogP contribution in [-0.4, -0.2) is 38.5 Å². The highest BCUT2D eigenvalue weighted by Crippen LogP contribution is 2.22. The van der Waals surface area contributed by atoms with Gasteiger partial charge in [0.1, 0.15) is 0 Å². The Morgan fingerprint density at radius 2 is 2.05 bits per heavy atom. The maximum Gasteiger partial charge on any atom is 0.193 e. The fourth-order valence-corrected chi connectivity index (χ4v) is 2.23. The van der Waals surface area contributed by atoms with Crippen LogP contribution in [0.1, 0.15) is 19.4 Å². The van der Waals surface area contributed by atoms with Crippen LogP contribution in [0.5, 0.6) is 0 Å². The van der Waals surface area contributed by atoms with Crippen molar-refractivity contribution in [2.24, 2.45) is 10.4 Å². The summed E-state index contributed by atoms with van der Waals surface area (Å²) in [5.41, 5.74) is 1.40. The van der Waals surface area contributed by atoms with Crippen molar-refractivity contribution < 1.29 is 0 Å². The minimum atomic E-state index is 0.136. The van der Waals surface area contributed by atoms with Gasteiger partial charge in [0, 0.05) is 32.7 Å². The van der Waals surface area contributed by atoms with Gasteiger partial charge in [-0.3, -0.25) is 4.99 Å². The first-order valence-corrected chi connectivity index (χ1v) is 6.84. The van der Waals surface area contributed by atoms with E-state index in [1.165, 1.54) is 5.56 Å². The third-order valence-corrected chi connectivity index (χ3v) is 3.17. The number of aliphatic imine (C=N–C) groups is 1. The Hall–Kier alpha value is -1.22. The van der Waals surface area contributed by atoms with Crippen molar-refractivity contribution in [2.75, 3.05) is 27.7 Å². The summed E-state index contributed by atoms with van der Waals surface area (Å²) in [5, 5.41) is 4.18. The number of nitrogens with zero attached hydrogens (tertiary/aromatic N) is 2. The van der Waals surface area contributed by atoms with Gasteiger partial charge in [0.2, 0.25) is 0 Å². The first-order valence-electron chi connectivity index (χ1n) is 6.46. The van der Waals surface area contributed by atoms with Gasteiger partial charge in [-0.15, -0.1) is 0 Å². The summed E-state index contributed by atoms with van der Waals surface area (Å²) in [6.45, 7) is 5.35. The van der Waals surface area contributed by atoms with Gasteiger partial charge >= 0.3 is 0 Å². The maximum atomic E-state index is 6.02. The minimum absolute atomic E-state index is 0.136. The molecular formula is C15H24ClN3. The zero-order chi connectivity index (χ0) is 14.5. The van der Waals surface area contributed by atoms with Gasteiger partial charge in [0.05, 0.1) is 0 Å². The van der Waals surface area contributed by atoms with E-state index in [2.05, 4.69) is 30.2 Å². The average Bonchev–Trinajstić information content (AvgIpc) is 2.28. The Labute approximate surface area is 121 Å². The quantitative estimate of drug-likeness (QED) is 0.679. The Bertz CT molecular complexity index is 439. The summed E-state index contributed by atoms with van der Waals surface area (Å²) in [5.74, 6) is 0.902. The highest BCUT2D eigenvalue weighted by molar-refractivity contribution is 6.30. The first kappa shape index (κ1) is 15.8. The topological polar surface area (TPSA) is 27.6 Å². The van der Waals surface area contributed by atoms with E-state index in [-0.39, 0.29) is 5.41 Å². The van der Waals surface area contributed by atoms with Crippen LogP contribution in [-0.2, 0) is 6.42 Å². The second kappa shape index (κ2) is 6.80. The Morgan fingerprint density at radius 3 is 2.58 bits per heavy atom. The molecule has 0 aromatic heterocycles. The minimum Gasteiger partial charge on any atom is -0.356 e. The summed E-state index contributed by atoms with van der Waals surface area (Å²) in [7, 11) is 5.77. The number of hydrogen-bond donors (Lipinski definition) is 1. The van der Waals surface area contributed by atoms with Gasteiger partial charge < -0.3 is 10.2 Å². The molecule has 0 atom stereocenters. The van der Waals surface area contributed by atoms with Gasteiger partial charge in [0.15, 0.2) is 5.96 Å². The van der Waals surface area contributed by atoms with E-state index in [0.717, 1.165) is 23.9 Å². The maximum absolute atomic E-state index is 6.02. The Kier molecular flexibility index (Phi) is 5.67. The van der Waals surface area contributed by atoms with Crippen molar-refractivity contribution in [3.05, 3.63) is 34.9 Å².